The fourth-order valence-electron chi connectivity index (χ4n) is 1.08. The maximum Gasteiger partial charge on any atom is 0.313 e. The van der Waals surface area contributed by atoms with E-state index in [2.05, 4.69) is 35.7 Å². The second kappa shape index (κ2) is 3.93. The minimum Gasteiger partial charge on any atom is -0.469 e. The first-order valence-electron chi connectivity index (χ1n) is 4.12. The molecular formula is C8H7BrN4O2. The lowest BCUT2D eigenvalue weighted by Gasteiger charge is -1.92. The monoisotopic (exact) mass is 270 g/mol. The van der Waals surface area contributed by atoms with Gasteiger partial charge in [0, 0.05) is 12.4 Å². The molecule has 0 radical (unpaired) electrons. The molecule has 0 aliphatic carbocycles. The fraction of sp³-hybridized carbons (Fsp3) is 0.250. The van der Waals surface area contributed by atoms with Gasteiger partial charge in [0.1, 0.15) is 6.42 Å². The molecule has 2 heterocycles. The fourth-order valence-corrected chi connectivity index (χ4v) is 1.37. The minimum absolute atomic E-state index is 0.0531. The van der Waals surface area contributed by atoms with Crippen LogP contribution < -0.4 is 0 Å². The Bertz CT molecular complexity index is 510. The first-order chi connectivity index (χ1) is 7.19. The van der Waals surface area contributed by atoms with E-state index in [0.29, 0.717) is 11.6 Å². The van der Waals surface area contributed by atoms with Crippen LogP contribution in [0.4, 0.5) is 0 Å². The third-order valence-corrected chi connectivity index (χ3v) is 2.15. The van der Waals surface area contributed by atoms with Crippen LogP contribution in [0, 0.1) is 0 Å². The number of esters is 1. The lowest BCUT2D eigenvalue weighted by Crippen LogP contribution is -2.05. The zero-order valence-corrected chi connectivity index (χ0v) is 9.43. The Labute approximate surface area is 93.4 Å². The third-order valence-electron chi connectivity index (χ3n) is 1.74. The van der Waals surface area contributed by atoms with E-state index in [-0.39, 0.29) is 12.4 Å². The average Bonchev–Trinajstić information content (AvgIpc) is 2.59. The Morgan fingerprint density at radius 2 is 2.47 bits per heavy atom. The van der Waals surface area contributed by atoms with Crippen molar-refractivity contribution in [1.82, 2.24) is 19.6 Å². The van der Waals surface area contributed by atoms with Crippen molar-refractivity contribution >= 4 is 27.7 Å². The topological polar surface area (TPSA) is 69.4 Å². The zero-order valence-electron chi connectivity index (χ0n) is 7.85. The van der Waals surface area contributed by atoms with Crippen molar-refractivity contribution in [3.63, 3.8) is 0 Å². The van der Waals surface area contributed by atoms with Crippen molar-refractivity contribution in [1.29, 1.82) is 0 Å². The SMILES string of the molecule is COC(=O)Cc1nc2ncc(Br)cn2n1. The van der Waals surface area contributed by atoms with Gasteiger partial charge in [-0.05, 0) is 15.9 Å². The number of fused-ring (bicyclic) bond motifs is 1. The van der Waals surface area contributed by atoms with E-state index >= 15 is 0 Å². The highest BCUT2D eigenvalue weighted by Gasteiger charge is 2.09. The van der Waals surface area contributed by atoms with Crippen molar-refractivity contribution in [2.24, 2.45) is 0 Å². The molecule has 0 aromatic carbocycles. The van der Waals surface area contributed by atoms with Gasteiger partial charge in [0.25, 0.3) is 5.78 Å². The largest absolute Gasteiger partial charge is 0.469 e. The summed E-state index contributed by atoms with van der Waals surface area (Å²) < 4.78 is 6.81. The maximum absolute atomic E-state index is 11.0. The number of ether oxygens (including phenoxy) is 1. The predicted molar refractivity (Wildman–Crippen MR) is 54.2 cm³/mol. The molecule has 78 valence electrons. The van der Waals surface area contributed by atoms with E-state index in [4.69, 9.17) is 0 Å². The first kappa shape index (κ1) is 10.0. The summed E-state index contributed by atoms with van der Waals surface area (Å²) in [6.07, 6.45) is 3.39. The highest BCUT2D eigenvalue weighted by atomic mass is 79.9. The Balaban J connectivity index is 2.34. The molecule has 0 saturated heterocycles. The van der Waals surface area contributed by atoms with Crippen LogP contribution in [-0.4, -0.2) is 32.7 Å². The van der Waals surface area contributed by atoms with Gasteiger partial charge in [-0.1, -0.05) is 0 Å². The van der Waals surface area contributed by atoms with Gasteiger partial charge in [-0.15, -0.1) is 5.10 Å². The van der Waals surface area contributed by atoms with E-state index in [9.17, 15) is 4.79 Å². The summed E-state index contributed by atoms with van der Waals surface area (Å²) in [7, 11) is 1.33. The number of halogens is 1. The second-order valence-corrected chi connectivity index (χ2v) is 3.71. The van der Waals surface area contributed by atoms with Crippen LogP contribution in [0.5, 0.6) is 0 Å². The smallest absolute Gasteiger partial charge is 0.313 e. The second-order valence-electron chi connectivity index (χ2n) is 2.80. The number of nitrogens with zero attached hydrogens (tertiary/aromatic N) is 4. The standard InChI is InChI=1S/C8H7BrN4O2/c1-15-7(14)2-6-11-8-10-3-5(9)4-13(8)12-6/h3-4H,2H2,1H3. The number of aromatic nitrogens is 4. The Hall–Kier alpha value is -1.50. The maximum atomic E-state index is 11.0. The van der Waals surface area contributed by atoms with Crippen LogP contribution in [-0.2, 0) is 16.0 Å². The molecule has 0 unspecified atom stereocenters. The molecule has 2 aromatic rings. The lowest BCUT2D eigenvalue weighted by atomic mass is 10.4. The normalized spacial score (nSPS) is 10.5. The van der Waals surface area contributed by atoms with Crippen LogP contribution in [0.2, 0.25) is 0 Å². The molecular weight excluding hydrogens is 264 g/mol. The molecule has 7 heteroatoms. The van der Waals surface area contributed by atoms with Crippen LogP contribution >= 0.6 is 15.9 Å². The van der Waals surface area contributed by atoms with Gasteiger partial charge < -0.3 is 4.74 Å². The molecule has 0 saturated carbocycles. The summed E-state index contributed by atoms with van der Waals surface area (Å²) in [5.74, 6) is 0.481. The van der Waals surface area contributed by atoms with Crippen LogP contribution in [0.25, 0.3) is 5.78 Å². The predicted octanol–water partition coefficient (Wildman–Crippen LogP) is 0.602. The van der Waals surface area contributed by atoms with Crippen molar-refractivity contribution in [3.05, 3.63) is 22.7 Å². The van der Waals surface area contributed by atoms with E-state index in [0.717, 1.165) is 4.47 Å². The van der Waals surface area contributed by atoms with E-state index in [1.807, 2.05) is 0 Å². The average molecular weight is 271 g/mol. The molecule has 6 nitrogen and oxygen atoms in total. The lowest BCUT2D eigenvalue weighted by molar-refractivity contribution is -0.139. The summed E-state index contributed by atoms with van der Waals surface area (Å²) in [5.41, 5.74) is 0. The minimum atomic E-state index is -0.370. The number of hydrogen-bond donors (Lipinski definition) is 0. The van der Waals surface area contributed by atoms with Gasteiger partial charge >= 0.3 is 5.97 Å². The Morgan fingerprint density at radius 3 is 3.20 bits per heavy atom. The number of carbonyl (C=O) groups is 1. The molecule has 0 N–H and O–H groups in total. The van der Waals surface area contributed by atoms with Crippen LogP contribution in [0.1, 0.15) is 5.82 Å². The molecule has 0 bridgehead atoms. The molecule has 2 rings (SSSR count). The van der Waals surface area contributed by atoms with Gasteiger partial charge in [-0.3, -0.25) is 4.79 Å². The van der Waals surface area contributed by atoms with Gasteiger partial charge in [0.05, 0.1) is 11.6 Å². The highest BCUT2D eigenvalue weighted by molar-refractivity contribution is 9.10. The Kier molecular flexibility index (Phi) is 2.63. The van der Waals surface area contributed by atoms with Crippen molar-refractivity contribution in [2.45, 2.75) is 6.42 Å². The summed E-state index contributed by atoms with van der Waals surface area (Å²) in [4.78, 5) is 19.1. The first-order valence-corrected chi connectivity index (χ1v) is 4.92. The number of carbonyl (C=O) groups excluding carboxylic acids is 1. The van der Waals surface area contributed by atoms with Crippen molar-refractivity contribution < 1.29 is 9.53 Å². The van der Waals surface area contributed by atoms with Crippen LogP contribution in [0.3, 0.4) is 0 Å². The molecule has 0 spiro atoms. The van der Waals surface area contributed by atoms with E-state index in [1.54, 1.807) is 12.4 Å². The van der Waals surface area contributed by atoms with Crippen LogP contribution in [0.15, 0.2) is 16.9 Å². The van der Waals surface area contributed by atoms with Gasteiger partial charge in [-0.25, -0.2) is 9.50 Å². The summed E-state index contributed by atoms with van der Waals surface area (Å²) >= 11 is 3.26. The summed E-state index contributed by atoms with van der Waals surface area (Å²) in [6, 6.07) is 0. The summed E-state index contributed by atoms with van der Waals surface area (Å²) in [5, 5.41) is 4.07. The van der Waals surface area contributed by atoms with Gasteiger partial charge in [0.2, 0.25) is 0 Å². The molecule has 0 atom stereocenters. The Morgan fingerprint density at radius 1 is 1.67 bits per heavy atom. The molecule has 0 aliphatic heterocycles. The molecule has 15 heavy (non-hydrogen) atoms. The highest BCUT2D eigenvalue weighted by Crippen LogP contribution is 2.07. The molecule has 0 amide bonds. The zero-order chi connectivity index (χ0) is 10.8. The van der Waals surface area contributed by atoms with Crippen molar-refractivity contribution in [3.8, 4) is 0 Å². The summed E-state index contributed by atoms with van der Waals surface area (Å²) in [6.45, 7) is 0. The van der Waals surface area contributed by atoms with Gasteiger partial charge in [-0.2, -0.15) is 4.98 Å². The molecule has 0 fully saturated rings. The number of methoxy groups -OCH3 is 1. The van der Waals surface area contributed by atoms with Crippen molar-refractivity contribution in [2.75, 3.05) is 7.11 Å². The van der Waals surface area contributed by atoms with Gasteiger partial charge in [0.15, 0.2) is 5.82 Å². The van der Waals surface area contributed by atoms with E-state index < -0.39 is 0 Å². The molecule has 0 aliphatic rings. The molecule has 2 aromatic heterocycles. The quantitative estimate of drug-likeness (QED) is 0.748. The third kappa shape index (κ3) is 2.12. The van der Waals surface area contributed by atoms with E-state index in [1.165, 1.54) is 11.6 Å². The number of rotatable bonds is 2. The number of hydrogen-bond acceptors (Lipinski definition) is 5.